The van der Waals surface area contributed by atoms with Crippen LogP contribution in [0, 0.1) is 5.41 Å². The van der Waals surface area contributed by atoms with Crippen LogP contribution in [0.3, 0.4) is 0 Å². The van der Waals surface area contributed by atoms with Crippen LogP contribution in [0.2, 0.25) is 0 Å². The summed E-state index contributed by atoms with van der Waals surface area (Å²) in [7, 11) is 0. The summed E-state index contributed by atoms with van der Waals surface area (Å²) in [5.74, 6) is 0.262. The van der Waals surface area contributed by atoms with Crippen molar-refractivity contribution in [2.45, 2.75) is 44.2 Å². The van der Waals surface area contributed by atoms with Gasteiger partial charge in [0, 0.05) is 24.8 Å². The van der Waals surface area contributed by atoms with Crippen LogP contribution in [0.15, 0.2) is 42.6 Å². The average Bonchev–Trinajstić information content (AvgIpc) is 3.58. The lowest BCUT2D eigenvalue weighted by Crippen LogP contribution is -2.43. The van der Waals surface area contributed by atoms with Crippen LogP contribution in [-0.2, 0) is 4.79 Å². The topological polar surface area (TPSA) is 70.2 Å². The summed E-state index contributed by atoms with van der Waals surface area (Å²) in [6, 6.07) is 12.4. The first kappa shape index (κ1) is 20.3. The second-order valence-corrected chi connectivity index (χ2v) is 10.5. The SMILES string of the molecule is O=C(C1CC2(CCNCC2)CN1)N1CCCC1c1nc2c(-c3ccccc3)ccnc2s1. The Labute approximate surface area is 192 Å². The minimum atomic E-state index is -0.0546. The summed E-state index contributed by atoms with van der Waals surface area (Å²) < 4.78 is 0. The maximum absolute atomic E-state index is 13.6. The van der Waals surface area contributed by atoms with Crippen LogP contribution in [0.1, 0.15) is 43.2 Å². The summed E-state index contributed by atoms with van der Waals surface area (Å²) in [6.07, 6.45) is 7.18. The lowest BCUT2D eigenvalue weighted by molar-refractivity contribution is -0.134. The third-order valence-corrected chi connectivity index (χ3v) is 8.61. The van der Waals surface area contributed by atoms with Crippen LogP contribution in [0.25, 0.3) is 21.5 Å². The second kappa shape index (κ2) is 8.21. The van der Waals surface area contributed by atoms with Gasteiger partial charge >= 0.3 is 0 Å². The number of nitrogens with one attached hydrogen (secondary N) is 2. The predicted molar refractivity (Wildman–Crippen MR) is 127 cm³/mol. The molecule has 1 spiro atoms. The molecule has 6 rings (SSSR count). The van der Waals surface area contributed by atoms with Gasteiger partial charge in [-0.3, -0.25) is 4.79 Å². The van der Waals surface area contributed by atoms with Crippen molar-refractivity contribution in [3.05, 3.63) is 47.6 Å². The quantitative estimate of drug-likeness (QED) is 0.640. The van der Waals surface area contributed by atoms with Gasteiger partial charge in [-0.15, -0.1) is 0 Å². The van der Waals surface area contributed by atoms with E-state index in [1.165, 1.54) is 12.8 Å². The Morgan fingerprint density at radius 2 is 2.00 bits per heavy atom. The zero-order chi connectivity index (χ0) is 21.5. The summed E-state index contributed by atoms with van der Waals surface area (Å²) in [6.45, 7) is 3.93. The van der Waals surface area contributed by atoms with Crippen LogP contribution in [0.5, 0.6) is 0 Å². The molecular weight excluding hydrogens is 418 g/mol. The van der Waals surface area contributed by atoms with Crippen molar-refractivity contribution in [2.75, 3.05) is 26.2 Å². The number of carbonyl (C=O) groups is 1. The van der Waals surface area contributed by atoms with Gasteiger partial charge in [0.2, 0.25) is 5.91 Å². The van der Waals surface area contributed by atoms with E-state index in [1.807, 2.05) is 18.3 Å². The number of thiazole rings is 1. The molecule has 0 bridgehead atoms. The number of hydrogen-bond donors (Lipinski definition) is 2. The Bertz CT molecular complexity index is 1120. The highest BCUT2D eigenvalue weighted by molar-refractivity contribution is 7.18. The molecule has 2 aromatic heterocycles. The summed E-state index contributed by atoms with van der Waals surface area (Å²) >= 11 is 1.64. The van der Waals surface area contributed by atoms with Gasteiger partial charge in [-0.1, -0.05) is 41.7 Å². The van der Waals surface area contributed by atoms with E-state index < -0.39 is 0 Å². The second-order valence-electron chi connectivity index (χ2n) is 9.51. The molecule has 3 saturated heterocycles. The molecule has 0 aliphatic carbocycles. The number of rotatable bonds is 3. The van der Waals surface area contributed by atoms with E-state index >= 15 is 0 Å². The number of pyridine rings is 1. The van der Waals surface area contributed by atoms with Gasteiger partial charge < -0.3 is 15.5 Å². The molecule has 1 amide bonds. The predicted octanol–water partition coefficient (Wildman–Crippen LogP) is 3.75. The number of aromatic nitrogens is 2. The standard InChI is InChI=1S/C25H29N5OS/c31-24(19-15-25(16-28-19)9-12-26-13-10-25)30-14-4-7-20(30)22-29-21-18(8-11-27-23(21)32-22)17-5-2-1-3-6-17/h1-3,5-6,8,11,19-20,26,28H,4,7,9-10,12-16H2. The molecular formula is C25H29N5OS. The molecule has 32 heavy (non-hydrogen) atoms. The van der Waals surface area contributed by atoms with E-state index in [-0.39, 0.29) is 18.0 Å². The number of carbonyl (C=O) groups excluding carboxylic acids is 1. The zero-order valence-corrected chi connectivity index (χ0v) is 19.0. The van der Waals surface area contributed by atoms with Gasteiger partial charge in [0.1, 0.15) is 15.4 Å². The Morgan fingerprint density at radius 1 is 1.16 bits per heavy atom. The third kappa shape index (κ3) is 3.52. The van der Waals surface area contributed by atoms with Crippen LogP contribution >= 0.6 is 11.3 Å². The van der Waals surface area contributed by atoms with Gasteiger partial charge in [-0.05, 0) is 62.2 Å². The Hall–Kier alpha value is -2.35. The van der Waals surface area contributed by atoms with E-state index in [2.05, 4.69) is 44.8 Å². The van der Waals surface area contributed by atoms with Crippen LogP contribution in [0.4, 0.5) is 0 Å². The highest BCUT2D eigenvalue weighted by Crippen LogP contribution is 2.41. The summed E-state index contributed by atoms with van der Waals surface area (Å²) in [5, 5.41) is 8.06. The van der Waals surface area contributed by atoms with E-state index in [9.17, 15) is 4.79 Å². The first-order valence-corrected chi connectivity index (χ1v) is 12.6. The van der Waals surface area contributed by atoms with E-state index in [1.54, 1.807) is 11.3 Å². The highest BCUT2D eigenvalue weighted by atomic mass is 32.1. The first-order valence-electron chi connectivity index (χ1n) is 11.8. The largest absolute Gasteiger partial charge is 0.332 e. The number of likely N-dealkylation sites (tertiary alicyclic amines) is 1. The number of nitrogens with zero attached hydrogens (tertiary/aromatic N) is 3. The van der Waals surface area contributed by atoms with Crippen molar-refractivity contribution in [1.82, 2.24) is 25.5 Å². The number of piperidine rings is 1. The number of fused-ring (bicyclic) bond motifs is 1. The fraction of sp³-hybridized carbons (Fsp3) is 0.480. The minimum absolute atomic E-state index is 0.0546. The van der Waals surface area contributed by atoms with Gasteiger partial charge in [0.25, 0.3) is 0 Å². The van der Waals surface area contributed by atoms with Gasteiger partial charge in [0.15, 0.2) is 0 Å². The van der Waals surface area contributed by atoms with Gasteiger partial charge in [0.05, 0.1) is 12.1 Å². The van der Waals surface area contributed by atoms with Crippen molar-refractivity contribution in [3.63, 3.8) is 0 Å². The molecule has 3 fully saturated rings. The molecule has 0 saturated carbocycles. The van der Waals surface area contributed by atoms with Crippen molar-refractivity contribution >= 4 is 27.6 Å². The molecule has 3 aliphatic heterocycles. The molecule has 3 aliphatic rings. The third-order valence-electron chi connectivity index (χ3n) is 7.54. The summed E-state index contributed by atoms with van der Waals surface area (Å²) in [5.41, 5.74) is 3.51. The molecule has 166 valence electrons. The monoisotopic (exact) mass is 447 g/mol. The molecule has 3 aromatic rings. The lowest BCUT2D eigenvalue weighted by Gasteiger charge is -2.33. The van der Waals surface area contributed by atoms with Crippen molar-refractivity contribution < 1.29 is 4.79 Å². The van der Waals surface area contributed by atoms with Crippen LogP contribution in [-0.4, -0.2) is 53.0 Å². The number of amides is 1. The van der Waals surface area contributed by atoms with Crippen molar-refractivity contribution in [2.24, 2.45) is 5.41 Å². The fourth-order valence-corrected chi connectivity index (χ4v) is 6.84. The van der Waals surface area contributed by atoms with Crippen molar-refractivity contribution in [1.29, 1.82) is 0 Å². The number of hydrogen-bond acceptors (Lipinski definition) is 6. The zero-order valence-electron chi connectivity index (χ0n) is 18.2. The molecule has 7 heteroatoms. The van der Waals surface area contributed by atoms with Gasteiger partial charge in [-0.2, -0.15) is 0 Å². The van der Waals surface area contributed by atoms with Gasteiger partial charge in [-0.25, -0.2) is 9.97 Å². The van der Waals surface area contributed by atoms with E-state index in [0.29, 0.717) is 5.41 Å². The molecule has 6 nitrogen and oxygen atoms in total. The molecule has 2 unspecified atom stereocenters. The Morgan fingerprint density at radius 3 is 2.84 bits per heavy atom. The van der Waals surface area contributed by atoms with Crippen molar-refractivity contribution in [3.8, 4) is 11.1 Å². The first-order chi connectivity index (χ1) is 15.7. The Balaban J connectivity index is 1.26. The smallest absolute Gasteiger partial charge is 0.240 e. The summed E-state index contributed by atoms with van der Waals surface area (Å²) in [4.78, 5) is 26.3. The molecule has 1 aromatic carbocycles. The van der Waals surface area contributed by atoms with E-state index in [4.69, 9.17) is 4.98 Å². The maximum atomic E-state index is 13.6. The highest BCUT2D eigenvalue weighted by Gasteiger charge is 2.45. The van der Waals surface area contributed by atoms with Crippen LogP contribution < -0.4 is 10.6 Å². The fourth-order valence-electron chi connectivity index (χ4n) is 5.76. The normalized spacial score (nSPS) is 25.1. The average molecular weight is 448 g/mol. The molecule has 2 atom stereocenters. The molecule has 5 heterocycles. The lowest BCUT2D eigenvalue weighted by atomic mass is 9.77. The maximum Gasteiger partial charge on any atom is 0.240 e. The minimum Gasteiger partial charge on any atom is -0.332 e. The molecule has 2 N–H and O–H groups in total. The molecule has 0 radical (unpaired) electrons. The van der Waals surface area contributed by atoms with E-state index in [0.717, 1.165) is 71.9 Å². The Kier molecular flexibility index (Phi) is 5.20. The number of benzene rings is 1.